The van der Waals surface area contributed by atoms with Gasteiger partial charge in [-0.2, -0.15) is 0 Å². The van der Waals surface area contributed by atoms with Gasteiger partial charge in [-0.3, -0.25) is 4.79 Å². The highest BCUT2D eigenvalue weighted by Gasteiger charge is 2.16. The van der Waals surface area contributed by atoms with Crippen LogP contribution in [0.5, 0.6) is 0 Å². The van der Waals surface area contributed by atoms with Crippen LogP contribution in [-0.2, 0) is 4.79 Å². The first-order valence-electron chi connectivity index (χ1n) is 8.83. The lowest BCUT2D eigenvalue weighted by Gasteiger charge is -2.03. The van der Waals surface area contributed by atoms with E-state index in [4.69, 9.17) is 16.6 Å². The molecule has 0 fully saturated rings. The van der Waals surface area contributed by atoms with Crippen LogP contribution in [-0.4, -0.2) is 26.6 Å². The number of amides is 1. The van der Waals surface area contributed by atoms with E-state index >= 15 is 0 Å². The Labute approximate surface area is 181 Å². The average molecular weight is 441 g/mol. The number of thiazole rings is 1. The Morgan fingerprint density at radius 2 is 1.86 bits per heavy atom. The number of halogens is 1. The average Bonchev–Trinajstić information content (AvgIpc) is 3.37. The molecule has 0 aliphatic carbocycles. The van der Waals surface area contributed by atoms with Crippen LogP contribution in [0.25, 0.3) is 22.6 Å². The van der Waals surface area contributed by atoms with Gasteiger partial charge in [-0.1, -0.05) is 65.3 Å². The normalized spacial score (nSPS) is 10.8. The third-order valence-electron chi connectivity index (χ3n) is 4.15. The molecule has 0 spiro atoms. The van der Waals surface area contributed by atoms with Gasteiger partial charge in [0, 0.05) is 27.7 Å². The quantitative estimate of drug-likeness (QED) is 0.366. The summed E-state index contributed by atoms with van der Waals surface area (Å²) in [6.45, 7) is 2.05. The number of thioether (sulfide) groups is 1. The SMILES string of the molecule is Cc1ccc(-c2nc(SCC(=O)Nc3nccs3)c(-c3ccc(Cl)cc3)[nH]2)cc1. The van der Waals surface area contributed by atoms with Crippen LogP contribution in [0.2, 0.25) is 5.02 Å². The molecule has 1 amide bonds. The summed E-state index contributed by atoms with van der Waals surface area (Å²) in [4.78, 5) is 24.5. The summed E-state index contributed by atoms with van der Waals surface area (Å²) in [7, 11) is 0. The molecule has 8 heteroatoms. The van der Waals surface area contributed by atoms with E-state index in [1.807, 2.05) is 60.8 Å². The Bertz CT molecular complexity index is 1110. The fourth-order valence-electron chi connectivity index (χ4n) is 2.70. The van der Waals surface area contributed by atoms with Crippen molar-refractivity contribution >= 4 is 45.7 Å². The minimum atomic E-state index is -0.119. The first-order valence-corrected chi connectivity index (χ1v) is 11.1. The molecule has 0 bridgehead atoms. The molecule has 4 aromatic rings. The molecule has 0 radical (unpaired) electrons. The van der Waals surface area contributed by atoms with Gasteiger partial charge < -0.3 is 10.3 Å². The molecule has 2 heterocycles. The van der Waals surface area contributed by atoms with Crippen LogP contribution in [0.3, 0.4) is 0 Å². The third-order valence-corrected chi connectivity index (χ3v) is 6.06. The smallest absolute Gasteiger partial charge is 0.236 e. The molecule has 0 aliphatic rings. The van der Waals surface area contributed by atoms with Crippen LogP contribution >= 0.6 is 34.7 Å². The summed E-state index contributed by atoms with van der Waals surface area (Å²) in [6.07, 6.45) is 1.66. The Morgan fingerprint density at radius 3 is 2.55 bits per heavy atom. The number of imidazole rings is 1. The number of aryl methyl sites for hydroxylation is 1. The molecule has 0 saturated carbocycles. The van der Waals surface area contributed by atoms with Crippen molar-refractivity contribution < 1.29 is 4.79 Å². The first-order chi connectivity index (χ1) is 14.1. The molecule has 146 valence electrons. The van der Waals surface area contributed by atoms with Gasteiger partial charge in [-0.15, -0.1) is 11.3 Å². The highest BCUT2D eigenvalue weighted by Crippen LogP contribution is 2.33. The molecule has 4 rings (SSSR count). The number of carbonyl (C=O) groups excluding carboxylic acids is 1. The zero-order valence-electron chi connectivity index (χ0n) is 15.5. The largest absolute Gasteiger partial charge is 0.337 e. The van der Waals surface area contributed by atoms with E-state index in [1.54, 1.807) is 6.20 Å². The van der Waals surface area contributed by atoms with Crippen molar-refractivity contribution in [2.75, 3.05) is 11.1 Å². The van der Waals surface area contributed by atoms with Crippen molar-refractivity contribution in [1.82, 2.24) is 15.0 Å². The minimum Gasteiger partial charge on any atom is -0.337 e. The lowest BCUT2D eigenvalue weighted by Crippen LogP contribution is -2.13. The van der Waals surface area contributed by atoms with E-state index in [0.717, 1.165) is 27.7 Å². The molecular formula is C21H17ClN4OS2. The van der Waals surface area contributed by atoms with Crippen LogP contribution in [0, 0.1) is 6.92 Å². The summed E-state index contributed by atoms with van der Waals surface area (Å²) in [5.74, 6) is 0.878. The Hall–Kier alpha value is -2.61. The van der Waals surface area contributed by atoms with Crippen LogP contribution < -0.4 is 5.32 Å². The molecule has 5 nitrogen and oxygen atoms in total. The highest BCUT2D eigenvalue weighted by atomic mass is 35.5. The second kappa shape index (κ2) is 8.82. The second-order valence-corrected chi connectivity index (χ2v) is 8.61. The zero-order valence-corrected chi connectivity index (χ0v) is 17.9. The summed E-state index contributed by atoms with van der Waals surface area (Å²) < 4.78 is 0. The van der Waals surface area contributed by atoms with Crippen molar-refractivity contribution in [3.05, 3.63) is 70.7 Å². The van der Waals surface area contributed by atoms with Gasteiger partial charge in [0.15, 0.2) is 5.13 Å². The molecule has 0 unspecified atom stereocenters. The number of aromatic amines is 1. The van der Waals surface area contributed by atoms with Gasteiger partial charge in [0.05, 0.1) is 11.4 Å². The Kier molecular flexibility index (Phi) is 5.99. The second-order valence-electron chi connectivity index (χ2n) is 6.31. The summed E-state index contributed by atoms with van der Waals surface area (Å²) >= 11 is 8.81. The monoisotopic (exact) mass is 440 g/mol. The number of aromatic nitrogens is 3. The van der Waals surface area contributed by atoms with Crippen molar-refractivity contribution in [2.45, 2.75) is 11.9 Å². The first kappa shape index (κ1) is 19.7. The predicted molar refractivity (Wildman–Crippen MR) is 121 cm³/mol. The number of hydrogen-bond donors (Lipinski definition) is 2. The van der Waals surface area contributed by atoms with Crippen LogP contribution in [0.4, 0.5) is 5.13 Å². The lowest BCUT2D eigenvalue weighted by atomic mass is 10.1. The van der Waals surface area contributed by atoms with Gasteiger partial charge in [0.25, 0.3) is 0 Å². The summed E-state index contributed by atoms with van der Waals surface area (Å²) in [6, 6.07) is 15.7. The number of benzene rings is 2. The Morgan fingerprint density at radius 1 is 1.14 bits per heavy atom. The molecule has 0 atom stereocenters. The van der Waals surface area contributed by atoms with E-state index in [-0.39, 0.29) is 11.7 Å². The van der Waals surface area contributed by atoms with Crippen LogP contribution in [0.1, 0.15) is 5.56 Å². The maximum atomic E-state index is 12.3. The third kappa shape index (κ3) is 4.87. The number of rotatable bonds is 6. The Balaban J connectivity index is 1.60. The number of H-pyrrole nitrogens is 1. The fraction of sp³-hybridized carbons (Fsp3) is 0.0952. The molecule has 29 heavy (non-hydrogen) atoms. The van der Waals surface area contributed by atoms with E-state index in [2.05, 4.69) is 15.3 Å². The number of anilines is 1. The van der Waals surface area contributed by atoms with Gasteiger partial charge in [0.1, 0.15) is 10.9 Å². The molecule has 2 aromatic heterocycles. The van der Waals surface area contributed by atoms with Gasteiger partial charge >= 0.3 is 0 Å². The maximum absolute atomic E-state index is 12.3. The zero-order chi connectivity index (χ0) is 20.2. The highest BCUT2D eigenvalue weighted by molar-refractivity contribution is 8.00. The predicted octanol–water partition coefficient (Wildman–Crippen LogP) is 5.89. The topological polar surface area (TPSA) is 70.7 Å². The fourth-order valence-corrected chi connectivity index (χ4v) is 4.18. The van der Waals surface area contributed by atoms with Crippen molar-refractivity contribution in [2.24, 2.45) is 0 Å². The van der Waals surface area contributed by atoms with Crippen molar-refractivity contribution in [3.63, 3.8) is 0 Å². The maximum Gasteiger partial charge on any atom is 0.236 e. The van der Waals surface area contributed by atoms with Crippen molar-refractivity contribution in [3.8, 4) is 22.6 Å². The van der Waals surface area contributed by atoms with E-state index in [9.17, 15) is 4.79 Å². The van der Waals surface area contributed by atoms with Gasteiger partial charge in [0.2, 0.25) is 5.91 Å². The molecule has 2 aromatic carbocycles. The number of carbonyl (C=O) groups is 1. The number of hydrogen-bond acceptors (Lipinski definition) is 5. The lowest BCUT2D eigenvalue weighted by molar-refractivity contribution is -0.113. The molecule has 0 aliphatic heterocycles. The standard InChI is InChI=1S/C21H17ClN4OS2/c1-13-2-4-15(5-3-13)19-25-18(14-6-8-16(22)9-7-14)20(26-19)29-12-17(27)24-21-23-10-11-28-21/h2-11H,12H2,1H3,(H,25,26)(H,23,24,27). The molecular weight excluding hydrogens is 424 g/mol. The van der Waals surface area contributed by atoms with Gasteiger partial charge in [-0.05, 0) is 19.1 Å². The minimum absolute atomic E-state index is 0.119. The van der Waals surface area contributed by atoms with Gasteiger partial charge in [-0.25, -0.2) is 9.97 Å². The van der Waals surface area contributed by atoms with E-state index < -0.39 is 0 Å². The van der Waals surface area contributed by atoms with E-state index in [0.29, 0.717) is 10.2 Å². The summed E-state index contributed by atoms with van der Waals surface area (Å²) in [5.41, 5.74) is 4.00. The van der Waals surface area contributed by atoms with Crippen molar-refractivity contribution in [1.29, 1.82) is 0 Å². The van der Waals surface area contributed by atoms with E-state index in [1.165, 1.54) is 28.7 Å². The molecule has 2 N–H and O–H groups in total. The summed E-state index contributed by atoms with van der Waals surface area (Å²) in [5, 5.41) is 6.64. The van der Waals surface area contributed by atoms with Crippen LogP contribution in [0.15, 0.2) is 65.1 Å². The number of nitrogens with one attached hydrogen (secondary N) is 2. The molecule has 0 saturated heterocycles. The number of nitrogens with zero attached hydrogens (tertiary/aromatic N) is 2.